The minimum absolute atomic E-state index is 0.167. The first-order valence-electron chi connectivity index (χ1n) is 9.63. The van der Waals surface area contributed by atoms with Crippen molar-refractivity contribution in [2.45, 2.75) is 45.7 Å². The molecule has 0 radical (unpaired) electrons. The predicted molar refractivity (Wildman–Crippen MR) is 115 cm³/mol. The number of para-hydroxylation sites is 1. The quantitative estimate of drug-likeness (QED) is 0.686. The fraction of sp³-hybridized carbons (Fsp3) is 0.409. The molecule has 0 aliphatic rings. The molecule has 0 saturated heterocycles. The van der Waals surface area contributed by atoms with Gasteiger partial charge in [0.25, 0.3) is 0 Å². The third-order valence-electron chi connectivity index (χ3n) is 4.57. The molecule has 1 N–H and O–H groups in total. The molecule has 0 aromatic heterocycles. The average Bonchev–Trinajstić information content (AvgIpc) is 2.65. The van der Waals surface area contributed by atoms with Crippen LogP contribution in [0.25, 0.3) is 0 Å². The molecule has 6 heteroatoms. The molecule has 0 bridgehead atoms. The van der Waals surface area contributed by atoms with Gasteiger partial charge >= 0.3 is 0 Å². The highest BCUT2D eigenvalue weighted by Crippen LogP contribution is 2.25. The number of anilines is 1. The van der Waals surface area contributed by atoms with Crippen molar-refractivity contribution in [3.63, 3.8) is 0 Å². The van der Waals surface area contributed by atoms with E-state index in [1.165, 1.54) is 4.31 Å². The number of carbonyl (C=O) groups is 1. The molecule has 0 spiro atoms. The lowest BCUT2D eigenvalue weighted by atomic mass is 9.96. The summed E-state index contributed by atoms with van der Waals surface area (Å²) in [5, 5.41) is 3.09. The molecule has 2 rings (SSSR count). The van der Waals surface area contributed by atoms with Crippen molar-refractivity contribution in [3.05, 3.63) is 66.2 Å². The Morgan fingerprint density at radius 1 is 1.00 bits per heavy atom. The number of sulfonamides is 1. The smallest absolute Gasteiger partial charge is 0.244 e. The second kappa shape index (κ2) is 9.73. The van der Waals surface area contributed by atoms with Crippen LogP contribution in [0.3, 0.4) is 0 Å². The molecule has 2 aromatic rings. The maximum absolute atomic E-state index is 13.2. The van der Waals surface area contributed by atoms with Crippen molar-refractivity contribution in [3.8, 4) is 0 Å². The first kappa shape index (κ1) is 22.0. The van der Waals surface area contributed by atoms with Gasteiger partial charge in [-0.15, -0.1) is 0 Å². The van der Waals surface area contributed by atoms with E-state index in [1.54, 1.807) is 24.3 Å². The third-order valence-corrected chi connectivity index (χ3v) is 5.75. The Bertz CT molecular complexity index is 852. The van der Waals surface area contributed by atoms with E-state index in [-0.39, 0.29) is 11.9 Å². The summed E-state index contributed by atoms with van der Waals surface area (Å²) in [7, 11) is -3.63. The van der Waals surface area contributed by atoms with Gasteiger partial charge in [0, 0.05) is 0 Å². The zero-order valence-corrected chi connectivity index (χ0v) is 17.8. The third kappa shape index (κ3) is 5.83. The standard InChI is InChI=1S/C22H30N2O3S/c1-5-21(24(28(4,26)27)19-14-10-7-11-15-19)22(25)23-20(16-17(2)3)18-12-8-6-9-13-18/h6-15,17,20-21H,5,16H2,1-4H3,(H,23,25). The lowest BCUT2D eigenvalue weighted by molar-refractivity contribution is -0.123. The zero-order valence-electron chi connectivity index (χ0n) is 17.0. The molecule has 0 aliphatic carbocycles. The highest BCUT2D eigenvalue weighted by Gasteiger charge is 2.32. The van der Waals surface area contributed by atoms with E-state index in [0.717, 1.165) is 18.2 Å². The van der Waals surface area contributed by atoms with Crippen LogP contribution < -0.4 is 9.62 Å². The molecule has 5 nitrogen and oxygen atoms in total. The molecule has 152 valence electrons. The van der Waals surface area contributed by atoms with E-state index < -0.39 is 16.1 Å². The maximum atomic E-state index is 13.2. The molecular formula is C22H30N2O3S. The second-order valence-corrected chi connectivity index (χ2v) is 9.28. The van der Waals surface area contributed by atoms with Crippen molar-refractivity contribution in [1.29, 1.82) is 0 Å². The van der Waals surface area contributed by atoms with Crippen LogP contribution in [0.1, 0.15) is 45.2 Å². The number of rotatable bonds is 9. The Morgan fingerprint density at radius 2 is 1.54 bits per heavy atom. The van der Waals surface area contributed by atoms with Crippen LogP contribution in [0.5, 0.6) is 0 Å². The monoisotopic (exact) mass is 402 g/mol. The molecule has 0 saturated carbocycles. The van der Waals surface area contributed by atoms with Crippen LogP contribution in [-0.4, -0.2) is 26.6 Å². The highest BCUT2D eigenvalue weighted by molar-refractivity contribution is 7.92. The van der Waals surface area contributed by atoms with Crippen molar-refractivity contribution in [2.75, 3.05) is 10.6 Å². The van der Waals surface area contributed by atoms with Gasteiger partial charge < -0.3 is 5.32 Å². The van der Waals surface area contributed by atoms with E-state index in [2.05, 4.69) is 19.2 Å². The maximum Gasteiger partial charge on any atom is 0.244 e. The second-order valence-electron chi connectivity index (χ2n) is 7.42. The fourth-order valence-corrected chi connectivity index (χ4v) is 4.55. The van der Waals surface area contributed by atoms with E-state index in [4.69, 9.17) is 0 Å². The molecule has 2 aromatic carbocycles. The van der Waals surface area contributed by atoms with Crippen molar-refractivity contribution < 1.29 is 13.2 Å². The van der Waals surface area contributed by atoms with Crippen molar-refractivity contribution in [2.24, 2.45) is 5.92 Å². The van der Waals surface area contributed by atoms with Crippen LogP contribution in [0.15, 0.2) is 60.7 Å². The highest BCUT2D eigenvalue weighted by atomic mass is 32.2. The van der Waals surface area contributed by atoms with Gasteiger partial charge in [0.15, 0.2) is 0 Å². The zero-order chi connectivity index (χ0) is 20.7. The first-order valence-corrected chi connectivity index (χ1v) is 11.5. The number of nitrogens with zero attached hydrogens (tertiary/aromatic N) is 1. The molecule has 0 aliphatic heterocycles. The summed E-state index contributed by atoms with van der Waals surface area (Å²) < 4.78 is 26.3. The Balaban J connectivity index is 2.34. The van der Waals surface area contributed by atoms with E-state index in [9.17, 15) is 13.2 Å². The summed E-state index contributed by atoms with van der Waals surface area (Å²) in [6, 6.07) is 17.6. The minimum atomic E-state index is -3.63. The van der Waals surface area contributed by atoms with Crippen molar-refractivity contribution in [1.82, 2.24) is 5.32 Å². The Labute approximate surface area is 168 Å². The summed E-state index contributed by atoms with van der Waals surface area (Å²) in [6.07, 6.45) is 2.28. The largest absolute Gasteiger partial charge is 0.347 e. The number of hydrogen-bond donors (Lipinski definition) is 1. The average molecular weight is 403 g/mol. The van der Waals surface area contributed by atoms with E-state index >= 15 is 0 Å². The van der Waals surface area contributed by atoms with Crippen LogP contribution in [0, 0.1) is 5.92 Å². The summed E-state index contributed by atoms with van der Waals surface area (Å²) in [5.41, 5.74) is 1.51. The van der Waals surface area contributed by atoms with E-state index in [1.807, 2.05) is 43.3 Å². The predicted octanol–water partition coefficient (Wildman–Crippen LogP) is 4.13. The van der Waals surface area contributed by atoms with Gasteiger partial charge in [-0.1, -0.05) is 69.3 Å². The number of hydrogen-bond acceptors (Lipinski definition) is 3. The molecule has 0 heterocycles. The van der Waals surface area contributed by atoms with Gasteiger partial charge in [0.1, 0.15) is 6.04 Å². The number of nitrogens with one attached hydrogen (secondary N) is 1. The van der Waals surface area contributed by atoms with Gasteiger partial charge in [-0.2, -0.15) is 0 Å². The van der Waals surface area contributed by atoms with Crippen molar-refractivity contribution >= 4 is 21.6 Å². The molecule has 28 heavy (non-hydrogen) atoms. The number of carbonyl (C=O) groups excluding carboxylic acids is 1. The summed E-state index contributed by atoms with van der Waals surface area (Å²) in [4.78, 5) is 13.2. The lowest BCUT2D eigenvalue weighted by Crippen LogP contribution is -2.50. The summed E-state index contributed by atoms with van der Waals surface area (Å²) in [5.74, 6) is 0.0944. The molecular weight excluding hydrogens is 372 g/mol. The van der Waals surface area contributed by atoms with Gasteiger partial charge in [0.05, 0.1) is 18.0 Å². The van der Waals surface area contributed by atoms with Gasteiger partial charge in [-0.3, -0.25) is 9.10 Å². The summed E-state index contributed by atoms with van der Waals surface area (Å²) in [6.45, 7) is 6.03. The van der Waals surface area contributed by atoms with Crippen LogP contribution in [0.4, 0.5) is 5.69 Å². The first-order chi connectivity index (χ1) is 13.2. The van der Waals surface area contributed by atoms with Crippen LogP contribution >= 0.6 is 0 Å². The molecule has 2 unspecified atom stereocenters. The molecule has 1 amide bonds. The normalized spacial score (nSPS) is 13.8. The topological polar surface area (TPSA) is 66.5 Å². The van der Waals surface area contributed by atoms with Gasteiger partial charge in [-0.05, 0) is 36.5 Å². The van der Waals surface area contributed by atoms with Crippen LogP contribution in [0.2, 0.25) is 0 Å². The molecule has 2 atom stereocenters. The van der Waals surface area contributed by atoms with Crippen LogP contribution in [-0.2, 0) is 14.8 Å². The number of amides is 1. The Hall–Kier alpha value is -2.34. The minimum Gasteiger partial charge on any atom is -0.347 e. The Morgan fingerprint density at radius 3 is 2.00 bits per heavy atom. The Kier molecular flexibility index (Phi) is 7.63. The number of benzene rings is 2. The van der Waals surface area contributed by atoms with E-state index in [0.29, 0.717) is 18.0 Å². The lowest BCUT2D eigenvalue weighted by Gasteiger charge is -2.32. The fourth-order valence-electron chi connectivity index (χ4n) is 3.34. The SMILES string of the molecule is CCC(C(=O)NC(CC(C)C)c1ccccc1)N(c1ccccc1)S(C)(=O)=O. The van der Waals surface area contributed by atoms with Gasteiger partial charge in [-0.25, -0.2) is 8.42 Å². The summed E-state index contributed by atoms with van der Waals surface area (Å²) >= 11 is 0. The van der Waals surface area contributed by atoms with Gasteiger partial charge in [0.2, 0.25) is 15.9 Å². The molecule has 0 fully saturated rings.